The summed E-state index contributed by atoms with van der Waals surface area (Å²) in [5.74, 6) is -0.394. The van der Waals surface area contributed by atoms with Gasteiger partial charge in [0.2, 0.25) is 0 Å². The summed E-state index contributed by atoms with van der Waals surface area (Å²) in [5.41, 5.74) is 0. The Morgan fingerprint density at radius 2 is 1.92 bits per heavy atom. The molecule has 0 aliphatic carbocycles. The molecule has 80 valence electrons. The molecule has 0 aliphatic rings. The average Bonchev–Trinajstić information content (AvgIpc) is 2.01. The summed E-state index contributed by atoms with van der Waals surface area (Å²) in [4.78, 5) is 0. The van der Waals surface area contributed by atoms with Gasteiger partial charge < -0.3 is 15.5 Å². The Kier molecular flexibility index (Phi) is 6.17. The third-order valence-electron chi connectivity index (χ3n) is 1.49. The smallest absolute Gasteiger partial charge is 0.266 e. The fourth-order valence-corrected chi connectivity index (χ4v) is 1.18. The van der Waals surface area contributed by atoms with Crippen LogP contribution >= 0.6 is 0 Å². The first kappa shape index (κ1) is 12.8. The number of nitrogens with one attached hydrogen (secondary N) is 1. The van der Waals surface area contributed by atoms with Crippen LogP contribution < -0.4 is 5.32 Å². The van der Waals surface area contributed by atoms with Crippen molar-refractivity contribution in [2.75, 3.05) is 25.5 Å². The van der Waals surface area contributed by atoms with Crippen LogP contribution in [-0.4, -0.2) is 54.7 Å². The van der Waals surface area contributed by atoms with Crippen molar-refractivity contribution < 1.29 is 23.2 Å². The molecule has 0 saturated carbocycles. The van der Waals surface area contributed by atoms with Crippen molar-refractivity contribution in [3.8, 4) is 0 Å². The number of aliphatic hydroxyl groups is 2. The summed E-state index contributed by atoms with van der Waals surface area (Å²) < 4.78 is 28.9. The van der Waals surface area contributed by atoms with Crippen molar-refractivity contribution in [2.24, 2.45) is 0 Å². The molecule has 0 amide bonds. The minimum atomic E-state index is -3.95. The largest absolute Gasteiger partial charge is 0.396 e. The van der Waals surface area contributed by atoms with Crippen LogP contribution in [0.1, 0.15) is 6.42 Å². The van der Waals surface area contributed by atoms with Crippen molar-refractivity contribution in [1.29, 1.82) is 0 Å². The third-order valence-corrected chi connectivity index (χ3v) is 2.21. The second-order valence-corrected chi connectivity index (χ2v) is 4.20. The van der Waals surface area contributed by atoms with E-state index in [9.17, 15) is 8.42 Å². The van der Waals surface area contributed by atoms with E-state index < -0.39 is 15.9 Å². The first-order valence-electron chi connectivity index (χ1n) is 3.90. The van der Waals surface area contributed by atoms with Crippen LogP contribution in [0, 0.1) is 0 Å². The highest BCUT2D eigenvalue weighted by Crippen LogP contribution is 1.89. The third kappa shape index (κ3) is 8.13. The molecule has 0 saturated heterocycles. The van der Waals surface area contributed by atoms with Gasteiger partial charge in [-0.05, 0) is 6.42 Å². The molecule has 0 aliphatic heterocycles. The summed E-state index contributed by atoms with van der Waals surface area (Å²) in [6.07, 6.45) is 0.349. The average molecular weight is 213 g/mol. The molecule has 0 rings (SSSR count). The first-order valence-corrected chi connectivity index (χ1v) is 5.50. The lowest BCUT2D eigenvalue weighted by molar-refractivity contribution is 0.202. The van der Waals surface area contributed by atoms with Gasteiger partial charge in [0.05, 0.1) is 12.4 Å². The normalized spacial score (nSPS) is 14.4. The topological polar surface area (TPSA) is 107 Å². The predicted octanol–water partition coefficient (Wildman–Crippen LogP) is -1.79. The minimum absolute atomic E-state index is 0.0596. The van der Waals surface area contributed by atoms with Crippen LogP contribution in [0.3, 0.4) is 0 Å². The molecule has 1 atom stereocenters. The molecule has 13 heavy (non-hydrogen) atoms. The number of hydrogen-bond acceptors (Lipinski definition) is 5. The molecule has 0 radical (unpaired) electrons. The van der Waals surface area contributed by atoms with Crippen LogP contribution in [0.25, 0.3) is 0 Å². The SMILES string of the molecule is O=S(=O)(O)CCNC(CO)CCO. The van der Waals surface area contributed by atoms with E-state index in [1.807, 2.05) is 0 Å². The molecule has 0 heterocycles. The summed E-state index contributed by atoms with van der Waals surface area (Å²) in [5, 5.41) is 19.9. The van der Waals surface area contributed by atoms with Crippen LogP contribution in [-0.2, 0) is 10.1 Å². The van der Waals surface area contributed by atoms with Crippen LogP contribution in [0.2, 0.25) is 0 Å². The number of rotatable bonds is 7. The molecule has 0 fully saturated rings. The second kappa shape index (κ2) is 6.28. The predicted molar refractivity (Wildman–Crippen MR) is 47.0 cm³/mol. The Balaban J connectivity index is 3.61. The van der Waals surface area contributed by atoms with Gasteiger partial charge in [-0.15, -0.1) is 0 Å². The molecule has 4 N–H and O–H groups in total. The zero-order chi connectivity index (χ0) is 10.3. The van der Waals surface area contributed by atoms with Gasteiger partial charge in [0.15, 0.2) is 0 Å². The van der Waals surface area contributed by atoms with E-state index in [2.05, 4.69) is 5.32 Å². The first-order chi connectivity index (χ1) is 5.99. The van der Waals surface area contributed by atoms with E-state index in [4.69, 9.17) is 14.8 Å². The van der Waals surface area contributed by atoms with E-state index in [1.54, 1.807) is 0 Å². The van der Waals surface area contributed by atoms with Crippen molar-refractivity contribution in [3.63, 3.8) is 0 Å². The lowest BCUT2D eigenvalue weighted by Crippen LogP contribution is -2.36. The fraction of sp³-hybridized carbons (Fsp3) is 1.00. The second-order valence-electron chi connectivity index (χ2n) is 2.63. The molecule has 0 aromatic carbocycles. The Labute approximate surface area is 77.3 Å². The van der Waals surface area contributed by atoms with Crippen molar-refractivity contribution in [3.05, 3.63) is 0 Å². The monoisotopic (exact) mass is 213 g/mol. The Bertz CT molecular complexity index is 215. The van der Waals surface area contributed by atoms with Crippen LogP contribution in [0.15, 0.2) is 0 Å². The molecule has 7 heteroatoms. The highest BCUT2D eigenvalue weighted by atomic mass is 32.2. The maximum Gasteiger partial charge on any atom is 0.266 e. The van der Waals surface area contributed by atoms with Crippen LogP contribution in [0.5, 0.6) is 0 Å². The van der Waals surface area contributed by atoms with Gasteiger partial charge >= 0.3 is 0 Å². The van der Waals surface area contributed by atoms with Gasteiger partial charge in [-0.25, -0.2) is 0 Å². The maximum absolute atomic E-state index is 10.3. The van der Waals surface area contributed by atoms with E-state index in [0.29, 0.717) is 6.42 Å². The van der Waals surface area contributed by atoms with Gasteiger partial charge in [0.1, 0.15) is 0 Å². The molecular formula is C6H15NO5S. The zero-order valence-electron chi connectivity index (χ0n) is 7.18. The summed E-state index contributed by atoms with van der Waals surface area (Å²) in [6, 6.07) is -0.327. The van der Waals surface area contributed by atoms with Gasteiger partial charge in [-0.3, -0.25) is 4.55 Å². The quantitative estimate of drug-likeness (QED) is 0.372. The van der Waals surface area contributed by atoms with E-state index in [-0.39, 0.29) is 25.8 Å². The van der Waals surface area contributed by atoms with E-state index in [0.717, 1.165) is 0 Å². The highest BCUT2D eigenvalue weighted by Gasteiger charge is 2.08. The lowest BCUT2D eigenvalue weighted by atomic mass is 10.2. The summed E-state index contributed by atoms with van der Waals surface area (Å²) in [6.45, 7) is -0.194. The lowest BCUT2D eigenvalue weighted by Gasteiger charge is -2.13. The number of aliphatic hydroxyl groups excluding tert-OH is 2. The Morgan fingerprint density at radius 3 is 2.31 bits per heavy atom. The molecule has 1 unspecified atom stereocenters. The van der Waals surface area contributed by atoms with Crippen molar-refractivity contribution in [2.45, 2.75) is 12.5 Å². The molecule has 6 nitrogen and oxygen atoms in total. The van der Waals surface area contributed by atoms with Gasteiger partial charge in [0, 0.05) is 19.2 Å². The fourth-order valence-electron chi connectivity index (χ4n) is 0.806. The van der Waals surface area contributed by atoms with E-state index >= 15 is 0 Å². The van der Waals surface area contributed by atoms with Crippen molar-refractivity contribution in [1.82, 2.24) is 5.32 Å². The zero-order valence-corrected chi connectivity index (χ0v) is 8.00. The molecule has 0 bridgehead atoms. The minimum Gasteiger partial charge on any atom is -0.396 e. The van der Waals surface area contributed by atoms with Crippen molar-refractivity contribution >= 4 is 10.1 Å². The Hall–Kier alpha value is -0.210. The summed E-state index contributed by atoms with van der Waals surface area (Å²) in [7, 11) is -3.95. The van der Waals surface area contributed by atoms with Gasteiger partial charge in [-0.1, -0.05) is 0 Å². The summed E-state index contributed by atoms with van der Waals surface area (Å²) >= 11 is 0. The highest BCUT2D eigenvalue weighted by molar-refractivity contribution is 7.85. The van der Waals surface area contributed by atoms with Crippen LogP contribution in [0.4, 0.5) is 0 Å². The Morgan fingerprint density at radius 1 is 1.31 bits per heavy atom. The van der Waals surface area contributed by atoms with Gasteiger partial charge in [0.25, 0.3) is 10.1 Å². The molecule has 0 aromatic heterocycles. The van der Waals surface area contributed by atoms with Gasteiger partial charge in [-0.2, -0.15) is 8.42 Å². The molecular weight excluding hydrogens is 198 g/mol. The number of hydrogen-bond donors (Lipinski definition) is 4. The van der Waals surface area contributed by atoms with E-state index in [1.165, 1.54) is 0 Å². The molecule has 0 aromatic rings. The standard InChI is InChI=1S/C6H15NO5S/c8-3-1-6(5-9)7-2-4-13(10,11)12/h6-9H,1-5H2,(H,10,11,12). The molecule has 0 spiro atoms. The maximum atomic E-state index is 10.3.